The van der Waals surface area contributed by atoms with Crippen molar-refractivity contribution in [2.24, 2.45) is 0 Å². The molecule has 1 N–H and O–H groups in total. The van der Waals surface area contributed by atoms with Gasteiger partial charge in [0, 0.05) is 36.7 Å². The second-order valence-electron chi connectivity index (χ2n) is 11.2. The molecule has 3 heterocycles. The van der Waals surface area contributed by atoms with Crippen molar-refractivity contribution < 1.29 is 19.1 Å². The second kappa shape index (κ2) is 11.9. The maximum absolute atomic E-state index is 14.2. The molecule has 0 spiro atoms. The zero-order valence-corrected chi connectivity index (χ0v) is 24.1. The van der Waals surface area contributed by atoms with Crippen LogP contribution in [0.1, 0.15) is 54.5 Å². The number of carbonyl (C=O) groups is 3. The number of piperazine rings is 1. The van der Waals surface area contributed by atoms with Crippen LogP contribution in [0.25, 0.3) is 0 Å². The third-order valence-electron chi connectivity index (χ3n) is 8.34. The van der Waals surface area contributed by atoms with E-state index in [-0.39, 0.29) is 30.9 Å². The van der Waals surface area contributed by atoms with Crippen LogP contribution >= 0.6 is 0 Å². The second-order valence-corrected chi connectivity index (χ2v) is 11.2. The first-order valence-electron chi connectivity index (χ1n) is 14.7. The number of ether oxygens (including phenoxy) is 1. The third kappa shape index (κ3) is 5.20. The average Bonchev–Trinajstić information content (AvgIpc) is 3.55. The van der Waals surface area contributed by atoms with E-state index in [1.54, 1.807) is 9.91 Å². The lowest BCUT2D eigenvalue weighted by molar-refractivity contribution is -0.158. The summed E-state index contributed by atoms with van der Waals surface area (Å²) in [7, 11) is 0. The van der Waals surface area contributed by atoms with E-state index in [4.69, 9.17) is 4.74 Å². The molecular weight excluding hydrogens is 530 g/mol. The highest BCUT2D eigenvalue weighted by atomic mass is 16.5. The van der Waals surface area contributed by atoms with Gasteiger partial charge in [-0.05, 0) is 17.5 Å². The fraction of sp³-hybridized carbons (Fsp3) is 0.364. The van der Waals surface area contributed by atoms with Crippen LogP contribution in [0.15, 0.2) is 78.9 Å². The van der Waals surface area contributed by atoms with Crippen molar-refractivity contribution in [1.29, 1.82) is 0 Å². The van der Waals surface area contributed by atoms with E-state index in [0.717, 1.165) is 28.0 Å². The normalized spacial score (nSPS) is 21.6. The third-order valence-corrected chi connectivity index (χ3v) is 8.34. The SMILES string of the molecule is CCCN(C(=O)NCc1ccccc1)N1CC(=O)N2[C@@H](c3ccccc3)C(=O)N(Cc3cccc4c3OCC4C)C[C@@H]21. The number of urea groups is 1. The fourth-order valence-electron chi connectivity index (χ4n) is 6.26. The molecule has 4 amide bonds. The Bertz CT molecular complexity index is 1450. The Labute approximate surface area is 246 Å². The number of amides is 4. The number of nitrogens with zero attached hydrogens (tertiary/aromatic N) is 4. The van der Waals surface area contributed by atoms with Gasteiger partial charge >= 0.3 is 6.03 Å². The minimum Gasteiger partial charge on any atom is -0.492 e. The first-order valence-corrected chi connectivity index (χ1v) is 14.7. The van der Waals surface area contributed by atoms with Crippen molar-refractivity contribution in [1.82, 2.24) is 25.1 Å². The van der Waals surface area contributed by atoms with Crippen molar-refractivity contribution in [2.75, 3.05) is 26.2 Å². The van der Waals surface area contributed by atoms with Crippen LogP contribution in [-0.4, -0.2) is 70.1 Å². The molecule has 3 atom stereocenters. The van der Waals surface area contributed by atoms with Crippen molar-refractivity contribution in [2.45, 2.75) is 51.5 Å². The van der Waals surface area contributed by atoms with Gasteiger partial charge in [0.1, 0.15) is 18.0 Å². The molecule has 0 saturated carbocycles. The minimum absolute atomic E-state index is 0.0231. The molecule has 1 unspecified atom stereocenters. The van der Waals surface area contributed by atoms with E-state index < -0.39 is 12.2 Å². The quantitative estimate of drug-likeness (QED) is 0.440. The first-order chi connectivity index (χ1) is 20.5. The lowest BCUT2D eigenvalue weighted by Gasteiger charge is -2.46. The Balaban J connectivity index is 1.31. The molecule has 3 aromatic rings. The highest BCUT2D eigenvalue weighted by Crippen LogP contribution is 2.40. The Kier molecular flexibility index (Phi) is 7.84. The van der Waals surface area contributed by atoms with Crippen LogP contribution in [0.4, 0.5) is 4.79 Å². The zero-order valence-electron chi connectivity index (χ0n) is 24.1. The van der Waals surface area contributed by atoms with Gasteiger partial charge in [0.15, 0.2) is 0 Å². The van der Waals surface area contributed by atoms with E-state index in [1.807, 2.05) is 89.6 Å². The summed E-state index contributed by atoms with van der Waals surface area (Å²) in [6.45, 7) is 6.25. The van der Waals surface area contributed by atoms with Gasteiger partial charge in [0.25, 0.3) is 5.91 Å². The number of hydrogen-bond acceptors (Lipinski definition) is 5. The van der Waals surface area contributed by atoms with E-state index in [1.165, 1.54) is 0 Å². The molecule has 6 rings (SSSR count). The van der Waals surface area contributed by atoms with Gasteiger partial charge in [-0.3, -0.25) is 14.6 Å². The molecule has 3 aliphatic rings. The molecule has 2 saturated heterocycles. The standard InChI is InChI=1S/C33H37N5O4/c1-3-17-36(33(41)34-18-24-11-6-4-7-12-24)37-21-29(39)38-28(37)20-35(32(40)30(38)25-13-8-5-9-14-25)19-26-15-10-16-27-23(2)22-42-31(26)27/h4-16,23,28,30H,3,17-22H2,1-2H3,(H,34,41)/t23?,28-,30+/m1/s1. The molecule has 0 bridgehead atoms. The summed E-state index contributed by atoms with van der Waals surface area (Å²) < 4.78 is 6.05. The molecule has 218 valence electrons. The smallest absolute Gasteiger partial charge is 0.332 e. The van der Waals surface area contributed by atoms with Gasteiger partial charge < -0.3 is 19.9 Å². The van der Waals surface area contributed by atoms with Gasteiger partial charge in [-0.25, -0.2) is 4.79 Å². The summed E-state index contributed by atoms with van der Waals surface area (Å²) in [6.07, 6.45) is 0.220. The molecule has 3 aliphatic heterocycles. The molecule has 0 aromatic heterocycles. The number of carbonyl (C=O) groups excluding carboxylic acids is 3. The van der Waals surface area contributed by atoms with E-state index in [9.17, 15) is 14.4 Å². The number of para-hydroxylation sites is 1. The summed E-state index contributed by atoms with van der Waals surface area (Å²) in [6, 6.07) is 24.2. The molecule has 42 heavy (non-hydrogen) atoms. The maximum atomic E-state index is 14.2. The van der Waals surface area contributed by atoms with Gasteiger partial charge in [-0.1, -0.05) is 92.7 Å². The number of rotatable bonds is 8. The first kappa shape index (κ1) is 27.8. The molecule has 3 aromatic carbocycles. The van der Waals surface area contributed by atoms with Crippen molar-refractivity contribution in [3.63, 3.8) is 0 Å². The van der Waals surface area contributed by atoms with Crippen LogP contribution in [0.2, 0.25) is 0 Å². The van der Waals surface area contributed by atoms with Crippen molar-refractivity contribution in [3.05, 3.63) is 101 Å². The lowest BCUT2D eigenvalue weighted by atomic mass is 9.98. The Morgan fingerprint density at radius 1 is 1.00 bits per heavy atom. The maximum Gasteiger partial charge on any atom is 0.332 e. The van der Waals surface area contributed by atoms with Crippen LogP contribution in [0.5, 0.6) is 5.75 Å². The number of hydrogen-bond donors (Lipinski definition) is 1. The molecule has 9 heteroatoms. The largest absolute Gasteiger partial charge is 0.492 e. The molecule has 9 nitrogen and oxygen atoms in total. The van der Waals surface area contributed by atoms with Crippen LogP contribution < -0.4 is 10.1 Å². The summed E-state index contributed by atoms with van der Waals surface area (Å²) >= 11 is 0. The van der Waals surface area contributed by atoms with Crippen LogP contribution in [0.3, 0.4) is 0 Å². The molecular formula is C33H37N5O4. The van der Waals surface area contributed by atoms with Gasteiger partial charge in [-0.2, -0.15) is 5.01 Å². The minimum atomic E-state index is -0.782. The topological polar surface area (TPSA) is 85.4 Å². The highest BCUT2D eigenvalue weighted by Gasteiger charge is 2.52. The van der Waals surface area contributed by atoms with Crippen molar-refractivity contribution in [3.8, 4) is 5.75 Å². The summed E-state index contributed by atoms with van der Waals surface area (Å²) in [5.74, 6) is 0.844. The average molecular weight is 568 g/mol. The Morgan fingerprint density at radius 2 is 1.74 bits per heavy atom. The fourth-order valence-corrected chi connectivity index (χ4v) is 6.26. The zero-order chi connectivity index (χ0) is 29.2. The molecule has 0 aliphatic carbocycles. The predicted molar refractivity (Wildman–Crippen MR) is 158 cm³/mol. The summed E-state index contributed by atoms with van der Waals surface area (Å²) in [5.41, 5.74) is 3.85. The van der Waals surface area contributed by atoms with E-state index in [2.05, 4.69) is 18.3 Å². The predicted octanol–water partition coefficient (Wildman–Crippen LogP) is 4.27. The number of fused-ring (bicyclic) bond motifs is 2. The summed E-state index contributed by atoms with van der Waals surface area (Å²) in [4.78, 5) is 44.9. The van der Waals surface area contributed by atoms with Gasteiger partial charge in [0.2, 0.25) is 5.91 Å². The molecule has 2 fully saturated rings. The van der Waals surface area contributed by atoms with Crippen LogP contribution in [-0.2, 0) is 22.7 Å². The van der Waals surface area contributed by atoms with Gasteiger partial charge in [0.05, 0.1) is 19.7 Å². The summed E-state index contributed by atoms with van der Waals surface area (Å²) in [5, 5.41) is 6.51. The lowest BCUT2D eigenvalue weighted by Crippen LogP contribution is -2.62. The van der Waals surface area contributed by atoms with Gasteiger partial charge in [-0.15, -0.1) is 0 Å². The number of hydrazine groups is 1. The number of nitrogens with one attached hydrogen (secondary N) is 1. The van der Waals surface area contributed by atoms with E-state index >= 15 is 0 Å². The Hall–Kier alpha value is -4.37. The van der Waals surface area contributed by atoms with Crippen molar-refractivity contribution >= 4 is 17.8 Å². The molecule has 0 radical (unpaired) electrons. The van der Waals surface area contributed by atoms with E-state index in [0.29, 0.717) is 38.6 Å². The highest BCUT2D eigenvalue weighted by molar-refractivity contribution is 5.92. The Morgan fingerprint density at radius 3 is 2.48 bits per heavy atom. The monoisotopic (exact) mass is 567 g/mol. The van der Waals surface area contributed by atoms with Crippen LogP contribution in [0, 0.1) is 0 Å². The number of benzene rings is 3.